The number of hydrogen-bond donors (Lipinski definition) is 0. The van der Waals surface area contributed by atoms with Gasteiger partial charge in [-0.05, 0) is 56.4 Å². The van der Waals surface area contributed by atoms with Crippen molar-refractivity contribution in [3.8, 4) is 0 Å². The quantitative estimate of drug-likeness (QED) is 0.0783. The predicted molar refractivity (Wildman–Crippen MR) is 151 cm³/mol. The van der Waals surface area contributed by atoms with Gasteiger partial charge in [-0.3, -0.25) is 4.79 Å². The number of unbranched alkanes of at least 4 members (excludes halogenated alkanes) is 11. The van der Waals surface area contributed by atoms with Gasteiger partial charge in [-0.2, -0.15) is 0 Å². The number of rotatable bonds is 24. The van der Waals surface area contributed by atoms with Crippen LogP contribution in [0.5, 0.6) is 0 Å². The van der Waals surface area contributed by atoms with Crippen molar-refractivity contribution >= 4 is 5.97 Å². The molecular formula is C32H62O2. The second kappa shape index (κ2) is 23.9. The van der Waals surface area contributed by atoms with Crippen LogP contribution in [0.4, 0.5) is 0 Å². The lowest BCUT2D eigenvalue weighted by molar-refractivity contribution is -0.142. The van der Waals surface area contributed by atoms with Crippen LogP contribution in [0.15, 0.2) is 11.6 Å². The Morgan fingerprint density at radius 1 is 0.676 bits per heavy atom. The van der Waals surface area contributed by atoms with E-state index in [4.69, 9.17) is 4.74 Å². The lowest BCUT2D eigenvalue weighted by atomic mass is 9.88. The fraction of sp³-hybridized carbons (Fsp3) is 0.906. The van der Waals surface area contributed by atoms with E-state index < -0.39 is 0 Å². The molecule has 0 aromatic rings. The largest absolute Gasteiger partial charge is 0.461 e. The minimum atomic E-state index is -0.0308. The number of ether oxygens (including phenoxy) is 1. The molecule has 0 saturated heterocycles. The zero-order valence-corrected chi connectivity index (χ0v) is 24.3. The molecule has 0 fully saturated rings. The topological polar surface area (TPSA) is 26.3 Å². The van der Waals surface area contributed by atoms with Crippen LogP contribution in [0.25, 0.3) is 0 Å². The molecule has 0 unspecified atom stereocenters. The van der Waals surface area contributed by atoms with Gasteiger partial charge in [-0.15, -0.1) is 0 Å². The summed E-state index contributed by atoms with van der Waals surface area (Å²) in [5.74, 6) is 2.37. The highest BCUT2D eigenvalue weighted by Gasteiger charge is 2.10. The molecule has 2 nitrogen and oxygen atoms in total. The van der Waals surface area contributed by atoms with Gasteiger partial charge in [0.05, 0.1) is 0 Å². The van der Waals surface area contributed by atoms with E-state index in [1.807, 2.05) is 0 Å². The molecule has 0 N–H and O–H groups in total. The second-order valence-electron chi connectivity index (χ2n) is 11.7. The average molecular weight is 479 g/mol. The second-order valence-corrected chi connectivity index (χ2v) is 11.7. The molecule has 0 aliphatic carbocycles. The van der Waals surface area contributed by atoms with Crippen molar-refractivity contribution in [3.63, 3.8) is 0 Å². The summed E-state index contributed by atoms with van der Waals surface area (Å²) in [5.41, 5.74) is 1.36. The monoisotopic (exact) mass is 478 g/mol. The fourth-order valence-electron chi connectivity index (χ4n) is 4.82. The molecule has 0 radical (unpaired) electrons. The molecule has 34 heavy (non-hydrogen) atoms. The maximum absolute atomic E-state index is 12.0. The van der Waals surface area contributed by atoms with E-state index in [-0.39, 0.29) is 5.97 Å². The van der Waals surface area contributed by atoms with Crippen molar-refractivity contribution in [2.24, 2.45) is 17.8 Å². The number of allylic oxidation sites excluding steroid dienone is 1. The zero-order valence-electron chi connectivity index (χ0n) is 24.3. The molecule has 0 saturated carbocycles. The van der Waals surface area contributed by atoms with Gasteiger partial charge in [0.15, 0.2) is 0 Å². The lowest BCUT2D eigenvalue weighted by Crippen LogP contribution is -2.06. The van der Waals surface area contributed by atoms with Crippen LogP contribution < -0.4 is 0 Å². The summed E-state index contributed by atoms with van der Waals surface area (Å²) >= 11 is 0. The Balaban J connectivity index is 3.58. The van der Waals surface area contributed by atoms with E-state index in [1.54, 1.807) is 0 Å². The molecule has 2 atom stereocenters. The molecule has 0 aromatic heterocycles. The van der Waals surface area contributed by atoms with Gasteiger partial charge in [0, 0.05) is 6.42 Å². The Morgan fingerprint density at radius 3 is 1.79 bits per heavy atom. The summed E-state index contributed by atoms with van der Waals surface area (Å²) in [4.78, 5) is 12.0. The lowest BCUT2D eigenvalue weighted by Gasteiger charge is -2.18. The summed E-state index contributed by atoms with van der Waals surface area (Å²) in [5, 5.41) is 0. The third-order valence-corrected chi connectivity index (χ3v) is 7.22. The minimum Gasteiger partial charge on any atom is -0.461 e. The highest BCUT2D eigenvalue weighted by Crippen LogP contribution is 2.23. The summed E-state index contributed by atoms with van der Waals surface area (Å²) in [6, 6.07) is 0. The maximum atomic E-state index is 12.0. The summed E-state index contributed by atoms with van der Waals surface area (Å²) in [6.45, 7) is 14.3. The minimum absolute atomic E-state index is 0.0308. The van der Waals surface area contributed by atoms with Gasteiger partial charge < -0.3 is 4.74 Å². The Hall–Kier alpha value is -0.790. The molecule has 0 heterocycles. The van der Waals surface area contributed by atoms with Gasteiger partial charge in [0.2, 0.25) is 0 Å². The zero-order chi connectivity index (χ0) is 25.4. The summed E-state index contributed by atoms with van der Waals surface area (Å²) in [7, 11) is 0. The first-order valence-electron chi connectivity index (χ1n) is 15.2. The Bertz CT molecular complexity index is 479. The van der Waals surface area contributed by atoms with Crippen molar-refractivity contribution in [1.82, 2.24) is 0 Å². The van der Waals surface area contributed by atoms with Crippen molar-refractivity contribution in [2.45, 2.75) is 164 Å². The molecule has 0 amide bonds. The number of carbonyl (C=O) groups is 1. The van der Waals surface area contributed by atoms with Gasteiger partial charge in [-0.25, -0.2) is 0 Å². The highest BCUT2D eigenvalue weighted by atomic mass is 16.5. The van der Waals surface area contributed by atoms with E-state index in [9.17, 15) is 4.79 Å². The molecule has 0 aliphatic rings. The number of carbonyl (C=O) groups excluding carboxylic acids is 1. The van der Waals surface area contributed by atoms with E-state index in [0.29, 0.717) is 13.0 Å². The van der Waals surface area contributed by atoms with E-state index in [1.165, 1.54) is 102 Å². The predicted octanol–water partition coefficient (Wildman–Crippen LogP) is 10.8. The van der Waals surface area contributed by atoms with Gasteiger partial charge >= 0.3 is 5.97 Å². The van der Waals surface area contributed by atoms with Crippen molar-refractivity contribution in [3.05, 3.63) is 11.6 Å². The molecule has 0 aromatic carbocycles. The van der Waals surface area contributed by atoms with E-state index in [2.05, 4.69) is 47.6 Å². The third kappa shape index (κ3) is 24.3. The molecule has 2 heteroatoms. The standard InChI is InChI=1S/C32H62O2/c1-7-8-9-10-11-12-13-14-15-16-17-20-29(4)25-26-34-32(33)22-19-18-21-30(5)27-31(6)24-23-28(2)3/h25,28,30-31H,7-24,26-27H2,1-6H3/b29-25+/t30-,31+/m0/s1. The highest BCUT2D eigenvalue weighted by molar-refractivity contribution is 5.69. The first-order chi connectivity index (χ1) is 16.3. The van der Waals surface area contributed by atoms with Crippen LogP contribution in [-0.4, -0.2) is 12.6 Å². The smallest absolute Gasteiger partial charge is 0.306 e. The average Bonchev–Trinajstić information content (AvgIpc) is 2.79. The Labute approximate surface area is 215 Å². The first kappa shape index (κ1) is 33.2. The van der Waals surface area contributed by atoms with Gasteiger partial charge in [0.1, 0.15) is 6.61 Å². The molecule has 0 bridgehead atoms. The van der Waals surface area contributed by atoms with E-state index >= 15 is 0 Å². The van der Waals surface area contributed by atoms with Crippen LogP contribution in [0.3, 0.4) is 0 Å². The van der Waals surface area contributed by atoms with Crippen LogP contribution in [0.2, 0.25) is 0 Å². The molecule has 202 valence electrons. The molecule has 0 rings (SSSR count). The van der Waals surface area contributed by atoms with Crippen LogP contribution in [0, 0.1) is 17.8 Å². The normalized spacial score (nSPS) is 13.9. The molecular weight excluding hydrogens is 416 g/mol. The van der Waals surface area contributed by atoms with Crippen LogP contribution >= 0.6 is 0 Å². The maximum Gasteiger partial charge on any atom is 0.306 e. The summed E-state index contributed by atoms with van der Waals surface area (Å²) < 4.78 is 5.43. The van der Waals surface area contributed by atoms with Gasteiger partial charge in [0.25, 0.3) is 0 Å². The third-order valence-electron chi connectivity index (χ3n) is 7.22. The van der Waals surface area contributed by atoms with E-state index in [0.717, 1.165) is 37.0 Å². The van der Waals surface area contributed by atoms with Crippen LogP contribution in [0.1, 0.15) is 164 Å². The number of esters is 1. The van der Waals surface area contributed by atoms with Crippen molar-refractivity contribution < 1.29 is 9.53 Å². The Morgan fingerprint density at radius 2 is 1.21 bits per heavy atom. The number of hydrogen-bond acceptors (Lipinski definition) is 2. The van der Waals surface area contributed by atoms with Crippen molar-refractivity contribution in [2.75, 3.05) is 6.61 Å². The van der Waals surface area contributed by atoms with Gasteiger partial charge in [-0.1, -0.05) is 130 Å². The molecule has 0 aliphatic heterocycles. The molecule has 0 spiro atoms. The van der Waals surface area contributed by atoms with Crippen LogP contribution in [-0.2, 0) is 9.53 Å². The first-order valence-corrected chi connectivity index (χ1v) is 15.2. The SMILES string of the molecule is CCCCCCCCCCCCC/C(C)=C/COC(=O)CCCC[C@H](C)C[C@H](C)CCC(C)C. The van der Waals surface area contributed by atoms with Crippen molar-refractivity contribution in [1.29, 1.82) is 0 Å². The fourth-order valence-corrected chi connectivity index (χ4v) is 4.82. The Kier molecular flexibility index (Phi) is 23.4. The summed E-state index contributed by atoms with van der Waals surface area (Å²) in [6.07, 6.45) is 26.4.